The molecule has 37 heavy (non-hydrogen) atoms. The van der Waals surface area contributed by atoms with Gasteiger partial charge in [-0.25, -0.2) is 0 Å². The van der Waals surface area contributed by atoms with Crippen LogP contribution in [0.25, 0.3) is 0 Å². The molecule has 0 radical (unpaired) electrons. The van der Waals surface area contributed by atoms with Crippen molar-refractivity contribution in [1.29, 1.82) is 0 Å². The molecule has 0 fully saturated rings. The molecule has 0 bridgehead atoms. The molecule has 0 aromatic heterocycles. The zero-order valence-electron chi connectivity index (χ0n) is 23.4. The van der Waals surface area contributed by atoms with Crippen LogP contribution < -0.4 is 18.9 Å². The van der Waals surface area contributed by atoms with Crippen molar-refractivity contribution in [3.8, 4) is 12.3 Å². The largest absolute Gasteiger partial charge is 1.00 e. The van der Waals surface area contributed by atoms with Gasteiger partial charge in [0.25, 0.3) is 0 Å². The van der Waals surface area contributed by atoms with Crippen LogP contribution in [0.5, 0.6) is 0 Å². The monoisotopic (exact) mass is 626 g/mol. The molecular weight excluding hydrogens is 575 g/mol. The zero-order chi connectivity index (χ0) is 26.1. The summed E-state index contributed by atoms with van der Waals surface area (Å²) in [6, 6.07) is 17.6. The van der Waals surface area contributed by atoms with E-state index in [9.17, 15) is 0 Å². The van der Waals surface area contributed by atoms with Gasteiger partial charge in [0.05, 0.1) is 3.39 Å². The number of hydrogen-bond donors (Lipinski definition) is 0. The molecule has 2 atom stereocenters. The van der Waals surface area contributed by atoms with Crippen molar-refractivity contribution in [2.24, 2.45) is 11.8 Å². The second-order valence-electron chi connectivity index (χ2n) is 9.67. The van der Waals surface area contributed by atoms with Crippen LogP contribution in [0.4, 0.5) is 0 Å². The maximum atomic E-state index is 5.37. The summed E-state index contributed by atoms with van der Waals surface area (Å²) in [5, 5.41) is 0. The van der Waals surface area contributed by atoms with E-state index in [2.05, 4.69) is 148 Å². The number of hydrogen-bond acceptors (Lipinski definition) is 0. The molecule has 2 aromatic carbocycles. The molecule has 0 aliphatic rings. The van der Waals surface area contributed by atoms with Gasteiger partial charge in [0.1, 0.15) is 0 Å². The van der Waals surface area contributed by atoms with Gasteiger partial charge in [-0.2, -0.15) is 6.42 Å². The summed E-state index contributed by atoms with van der Waals surface area (Å²) >= 11 is 6.79. The van der Waals surface area contributed by atoms with Crippen LogP contribution >= 0.6 is 31.9 Å². The standard InChI is InChI=1S/C14H18Br2.C14H18.C4H9.2CH4.Li/c1-10(2)8-12-4-6-13(7-5-12)11(3)9-14(15)16;1-5-12(4)14-8-6-13(7-9-14)10-11(2)3;1-3-4-2;;;/h4-7,9-11H,8H2,1-3H3;1,6-9,11-12H,10H2,2-4H3;1,3-4H2,2H3;2*1H4;/q;;-1;;;+1. The van der Waals surface area contributed by atoms with Gasteiger partial charge in [0.2, 0.25) is 0 Å². The van der Waals surface area contributed by atoms with Gasteiger partial charge in [-0.05, 0) is 85.7 Å². The summed E-state index contributed by atoms with van der Waals surface area (Å²) < 4.78 is 1.01. The minimum absolute atomic E-state index is 0. The third-order valence-electron chi connectivity index (χ3n) is 5.25. The van der Waals surface area contributed by atoms with Crippen LogP contribution in [0.1, 0.15) is 110 Å². The fourth-order valence-corrected chi connectivity index (χ4v) is 4.02. The van der Waals surface area contributed by atoms with Crippen LogP contribution in [-0.4, -0.2) is 0 Å². The second-order valence-corrected chi connectivity index (χ2v) is 12.4. The number of benzene rings is 2. The van der Waals surface area contributed by atoms with E-state index in [0.29, 0.717) is 11.8 Å². The van der Waals surface area contributed by atoms with Gasteiger partial charge in [-0.3, -0.25) is 0 Å². The van der Waals surface area contributed by atoms with E-state index >= 15 is 0 Å². The minimum Gasteiger partial charge on any atom is -0.343 e. The maximum Gasteiger partial charge on any atom is 1.00 e. The normalized spacial score (nSPS) is 11.0. The molecule has 2 unspecified atom stereocenters. The van der Waals surface area contributed by atoms with Crippen LogP contribution in [0.15, 0.2) is 58.0 Å². The summed E-state index contributed by atoms with van der Waals surface area (Å²) in [4.78, 5) is 0. The molecule has 0 N–H and O–H groups in total. The summed E-state index contributed by atoms with van der Waals surface area (Å²) in [6.07, 6.45) is 12.1. The van der Waals surface area contributed by atoms with Crippen LogP contribution in [0.2, 0.25) is 0 Å². The van der Waals surface area contributed by atoms with E-state index in [1.165, 1.54) is 28.7 Å². The van der Waals surface area contributed by atoms with E-state index in [-0.39, 0.29) is 39.6 Å². The Morgan fingerprint density at radius 3 is 1.43 bits per heavy atom. The molecule has 2 aromatic rings. The molecule has 0 nitrogen and oxygen atoms in total. The van der Waals surface area contributed by atoms with Crippen molar-refractivity contribution in [1.82, 2.24) is 0 Å². The first-order valence-corrected chi connectivity index (χ1v) is 14.1. The maximum absolute atomic E-state index is 5.37. The van der Waals surface area contributed by atoms with Crippen LogP contribution in [0, 0.1) is 31.1 Å². The fourth-order valence-electron chi connectivity index (χ4n) is 3.22. The first kappa shape index (κ1) is 43.4. The molecule has 204 valence electrons. The van der Waals surface area contributed by atoms with E-state index in [1.54, 1.807) is 0 Å². The molecule has 3 heteroatoms. The zero-order valence-corrected chi connectivity index (χ0v) is 26.5. The second kappa shape index (κ2) is 25.6. The van der Waals surface area contributed by atoms with E-state index < -0.39 is 0 Å². The summed E-state index contributed by atoms with van der Waals surface area (Å²) in [5.41, 5.74) is 5.41. The van der Waals surface area contributed by atoms with E-state index in [0.717, 1.165) is 28.6 Å². The smallest absolute Gasteiger partial charge is 0.343 e. The molecule has 2 rings (SSSR count). The number of unbranched alkanes of at least 4 members (excludes halogenated alkanes) is 1. The number of halogens is 2. The van der Waals surface area contributed by atoms with Gasteiger partial charge in [-0.1, -0.05) is 123 Å². The SMILES string of the molecule is C.C.C#CC(C)c1ccc(CC(C)C)cc1.CC(C)Cc1ccc(C(C)C=C(Br)Br)cc1.[CH2-]CCC.[Li+]. The fraction of sp³-hybridized carbons (Fsp3) is 0.500. The number of allylic oxidation sites excluding steroid dienone is 1. The average molecular weight is 629 g/mol. The Morgan fingerprint density at radius 2 is 1.16 bits per heavy atom. The molecule has 0 saturated carbocycles. The first-order valence-electron chi connectivity index (χ1n) is 12.5. The predicted molar refractivity (Wildman–Crippen MR) is 175 cm³/mol. The van der Waals surface area contributed by atoms with Gasteiger partial charge >= 0.3 is 18.9 Å². The third kappa shape index (κ3) is 21.9. The van der Waals surface area contributed by atoms with Crippen molar-refractivity contribution in [3.63, 3.8) is 0 Å². The molecule has 0 spiro atoms. The molecule has 0 heterocycles. The Kier molecular flexibility index (Phi) is 30.0. The molecular formula is C34H53Br2Li. The Bertz CT molecular complexity index is 837. The van der Waals surface area contributed by atoms with Crippen LogP contribution in [0.3, 0.4) is 0 Å². The summed E-state index contributed by atoms with van der Waals surface area (Å²) in [7, 11) is 0. The Balaban J connectivity index is -0.000000241. The number of rotatable bonds is 8. The van der Waals surface area contributed by atoms with Crippen LogP contribution in [-0.2, 0) is 12.8 Å². The predicted octanol–water partition coefficient (Wildman–Crippen LogP) is 9.14. The van der Waals surface area contributed by atoms with Gasteiger partial charge in [0, 0.05) is 11.8 Å². The molecule has 0 saturated heterocycles. The van der Waals surface area contributed by atoms with Crippen molar-refractivity contribution < 1.29 is 18.9 Å². The Labute approximate surface area is 261 Å². The molecule has 0 aliphatic carbocycles. The van der Waals surface area contributed by atoms with E-state index in [4.69, 9.17) is 6.42 Å². The minimum atomic E-state index is 0. The van der Waals surface area contributed by atoms with Gasteiger partial charge in [0.15, 0.2) is 0 Å². The van der Waals surface area contributed by atoms with Crippen molar-refractivity contribution in [2.75, 3.05) is 0 Å². The van der Waals surface area contributed by atoms with Crippen molar-refractivity contribution in [3.05, 3.63) is 87.2 Å². The van der Waals surface area contributed by atoms with Gasteiger partial charge in [-0.15, -0.1) is 6.42 Å². The number of terminal acetylenes is 1. The van der Waals surface area contributed by atoms with Crippen molar-refractivity contribution in [2.45, 2.75) is 101 Å². The topological polar surface area (TPSA) is 0 Å². The molecule has 0 amide bonds. The van der Waals surface area contributed by atoms with Crippen molar-refractivity contribution >= 4 is 31.9 Å². The molecule has 0 aliphatic heterocycles. The Hall–Kier alpha value is -0.703. The van der Waals surface area contributed by atoms with E-state index in [1.807, 2.05) is 0 Å². The average Bonchev–Trinajstić information content (AvgIpc) is 2.79. The quantitative estimate of drug-likeness (QED) is 0.155. The summed E-state index contributed by atoms with van der Waals surface area (Å²) in [6.45, 7) is 18.9. The summed E-state index contributed by atoms with van der Waals surface area (Å²) in [5.74, 6) is 4.83. The third-order valence-corrected chi connectivity index (χ3v) is 5.78. The Morgan fingerprint density at radius 1 is 0.811 bits per heavy atom. The van der Waals surface area contributed by atoms with Gasteiger partial charge < -0.3 is 6.92 Å². The first-order chi connectivity index (χ1) is 16.0.